The maximum atomic E-state index is 12.7. The van der Waals surface area contributed by atoms with E-state index in [4.69, 9.17) is 0 Å². The molecule has 0 bridgehead atoms. The van der Waals surface area contributed by atoms with E-state index < -0.39 is 0 Å². The summed E-state index contributed by atoms with van der Waals surface area (Å²) in [6.45, 7) is 5.03. The van der Waals surface area contributed by atoms with Crippen molar-refractivity contribution in [2.24, 2.45) is 17.8 Å². The zero-order chi connectivity index (χ0) is 19.7. The summed E-state index contributed by atoms with van der Waals surface area (Å²) in [6, 6.07) is 5.92. The van der Waals surface area contributed by atoms with Crippen molar-refractivity contribution in [3.05, 3.63) is 29.8 Å². The molecule has 0 radical (unpaired) electrons. The van der Waals surface area contributed by atoms with Crippen LogP contribution in [0.2, 0.25) is 0 Å². The third-order valence-electron chi connectivity index (χ3n) is 6.26. The predicted octanol–water partition coefficient (Wildman–Crippen LogP) is 3.82. The summed E-state index contributed by atoms with van der Waals surface area (Å²) in [5.41, 5.74) is 1.52. The Bertz CT molecular complexity index is 853. The van der Waals surface area contributed by atoms with Crippen molar-refractivity contribution < 1.29 is 9.59 Å². The molecule has 2 fully saturated rings. The number of amides is 2. The number of anilines is 1. The molecule has 2 amide bonds. The van der Waals surface area contributed by atoms with Crippen molar-refractivity contribution in [3.63, 3.8) is 0 Å². The Morgan fingerprint density at radius 1 is 1.25 bits per heavy atom. The Balaban J connectivity index is 1.39. The highest BCUT2D eigenvalue weighted by Crippen LogP contribution is 2.36. The van der Waals surface area contributed by atoms with Gasteiger partial charge >= 0.3 is 0 Å². The number of pyridine rings is 1. The van der Waals surface area contributed by atoms with Gasteiger partial charge in [0.2, 0.25) is 11.8 Å². The number of nitrogens with zero attached hydrogens (tertiary/aromatic N) is 3. The maximum absolute atomic E-state index is 12.7. The summed E-state index contributed by atoms with van der Waals surface area (Å²) >= 11 is 1.38. The predicted molar refractivity (Wildman–Crippen MR) is 110 cm³/mol. The Labute approximate surface area is 169 Å². The van der Waals surface area contributed by atoms with Crippen LogP contribution in [0.25, 0.3) is 11.4 Å². The Kier molecular flexibility index (Phi) is 5.44. The Morgan fingerprint density at radius 3 is 2.89 bits per heavy atom. The Hall–Kier alpha value is -2.28. The van der Waals surface area contributed by atoms with E-state index in [0.29, 0.717) is 29.9 Å². The summed E-state index contributed by atoms with van der Waals surface area (Å²) in [7, 11) is 0. The van der Waals surface area contributed by atoms with Gasteiger partial charge in [-0.15, -0.1) is 11.3 Å². The van der Waals surface area contributed by atoms with E-state index in [2.05, 4.69) is 29.1 Å². The van der Waals surface area contributed by atoms with Gasteiger partial charge in [-0.05, 0) is 30.4 Å². The highest BCUT2D eigenvalue weighted by atomic mass is 32.1. The molecule has 4 atom stereocenters. The molecule has 0 aromatic carbocycles. The first-order valence-electron chi connectivity index (χ1n) is 10.00. The average molecular weight is 399 g/mol. The molecular formula is C21H26N4O2S. The van der Waals surface area contributed by atoms with Crippen LogP contribution in [0, 0.1) is 17.8 Å². The van der Waals surface area contributed by atoms with Gasteiger partial charge in [-0.3, -0.25) is 14.6 Å². The van der Waals surface area contributed by atoms with Gasteiger partial charge in [0, 0.05) is 30.6 Å². The van der Waals surface area contributed by atoms with Gasteiger partial charge in [0.05, 0.1) is 11.6 Å². The molecule has 148 valence electrons. The van der Waals surface area contributed by atoms with E-state index in [0.717, 1.165) is 24.2 Å². The van der Waals surface area contributed by atoms with Crippen LogP contribution in [-0.4, -0.2) is 39.3 Å². The lowest BCUT2D eigenvalue weighted by Crippen LogP contribution is -2.45. The number of nitrogens with one attached hydrogen (secondary N) is 1. The second-order valence-electron chi connectivity index (χ2n) is 8.02. The number of hydrogen-bond donors (Lipinski definition) is 1. The van der Waals surface area contributed by atoms with E-state index in [1.54, 1.807) is 6.20 Å². The fourth-order valence-electron chi connectivity index (χ4n) is 4.39. The molecule has 4 rings (SSSR count). The van der Waals surface area contributed by atoms with Crippen molar-refractivity contribution in [3.8, 4) is 11.4 Å². The third kappa shape index (κ3) is 3.81. The first-order valence-corrected chi connectivity index (χ1v) is 10.9. The lowest BCUT2D eigenvalue weighted by molar-refractivity contribution is -0.131. The normalized spacial score (nSPS) is 27.8. The lowest BCUT2D eigenvalue weighted by atomic mass is 9.77. The molecule has 28 heavy (non-hydrogen) atoms. The first-order chi connectivity index (χ1) is 13.5. The largest absolute Gasteiger partial charge is 0.339 e. The van der Waals surface area contributed by atoms with Crippen LogP contribution in [0.4, 0.5) is 5.13 Å². The summed E-state index contributed by atoms with van der Waals surface area (Å²) in [4.78, 5) is 36.1. The number of likely N-dealkylation sites (tertiary alicyclic amines) is 1. The number of aromatic nitrogens is 2. The van der Waals surface area contributed by atoms with Gasteiger partial charge in [-0.1, -0.05) is 32.8 Å². The summed E-state index contributed by atoms with van der Waals surface area (Å²) in [6.07, 6.45) is 5.45. The second-order valence-corrected chi connectivity index (χ2v) is 8.88. The number of carbonyl (C=O) groups is 2. The van der Waals surface area contributed by atoms with Gasteiger partial charge < -0.3 is 10.2 Å². The number of thiazole rings is 1. The number of rotatable bonds is 4. The molecular weight excluding hydrogens is 372 g/mol. The molecule has 2 aliphatic rings. The fraction of sp³-hybridized carbons (Fsp3) is 0.524. The van der Waals surface area contributed by atoms with Crippen LogP contribution in [0.3, 0.4) is 0 Å². The van der Waals surface area contributed by atoms with Crippen molar-refractivity contribution in [2.45, 2.75) is 45.6 Å². The summed E-state index contributed by atoms with van der Waals surface area (Å²) in [5.74, 6) is 0.798. The highest BCUT2D eigenvalue weighted by Gasteiger charge is 2.41. The highest BCUT2D eigenvalue weighted by molar-refractivity contribution is 7.14. The molecule has 0 spiro atoms. The first kappa shape index (κ1) is 19.1. The SMILES string of the molecule is C[C@H]1[C@H](C)CCC[C@@H]1N1C[C@H](C(=O)Nc2nc(-c3ccccn3)cs2)CC1=O. The van der Waals surface area contributed by atoms with Crippen molar-refractivity contribution in [2.75, 3.05) is 11.9 Å². The smallest absolute Gasteiger partial charge is 0.231 e. The van der Waals surface area contributed by atoms with E-state index in [9.17, 15) is 9.59 Å². The minimum Gasteiger partial charge on any atom is -0.339 e. The standard InChI is InChI=1S/C21H26N4O2S/c1-13-6-5-8-18(14(13)2)25-11-15(10-19(25)26)20(27)24-21-23-17(12-28-21)16-7-3-4-9-22-16/h3-4,7,9,12-15,18H,5-6,8,10-11H2,1-2H3,(H,23,24,27)/t13-,14+,15-,18+/m1/s1. The molecule has 6 nitrogen and oxygen atoms in total. The van der Waals surface area contributed by atoms with Crippen molar-refractivity contribution in [1.29, 1.82) is 0 Å². The average Bonchev–Trinajstić information content (AvgIpc) is 3.32. The van der Waals surface area contributed by atoms with Crippen LogP contribution in [-0.2, 0) is 9.59 Å². The van der Waals surface area contributed by atoms with Gasteiger partial charge in [0.1, 0.15) is 5.69 Å². The molecule has 3 heterocycles. The fourth-order valence-corrected chi connectivity index (χ4v) is 5.10. The van der Waals surface area contributed by atoms with Crippen LogP contribution in [0.1, 0.15) is 39.5 Å². The minimum atomic E-state index is -0.306. The van der Waals surface area contributed by atoms with Crippen LogP contribution in [0.15, 0.2) is 29.8 Å². The third-order valence-corrected chi connectivity index (χ3v) is 7.01. The number of carbonyl (C=O) groups excluding carboxylic acids is 2. The van der Waals surface area contributed by atoms with Crippen LogP contribution in [0.5, 0.6) is 0 Å². The number of hydrogen-bond acceptors (Lipinski definition) is 5. The molecule has 1 saturated heterocycles. The molecule has 0 unspecified atom stereocenters. The molecule has 1 aliphatic carbocycles. The van der Waals surface area contributed by atoms with E-state index >= 15 is 0 Å². The molecule has 2 aromatic heterocycles. The van der Waals surface area contributed by atoms with Gasteiger partial charge in [-0.25, -0.2) is 4.98 Å². The second kappa shape index (κ2) is 7.99. The van der Waals surface area contributed by atoms with Gasteiger partial charge in [0.15, 0.2) is 5.13 Å². The molecule has 7 heteroatoms. The zero-order valence-corrected chi connectivity index (χ0v) is 17.1. The molecule has 1 saturated carbocycles. The van der Waals surface area contributed by atoms with Crippen molar-refractivity contribution in [1.82, 2.24) is 14.9 Å². The quantitative estimate of drug-likeness (QED) is 0.850. The molecule has 1 aliphatic heterocycles. The molecule has 2 aromatic rings. The summed E-state index contributed by atoms with van der Waals surface area (Å²) in [5, 5.41) is 5.34. The topological polar surface area (TPSA) is 75.2 Å². The van der Waals surface area contributed by atoms with Gasteiger partial charge in [0.25, 0.3) is 0 Å². The zero-order valence-electron chi connectivity index (χ0n) is 16.3. The van der Waals surface area contributed by atoms with Crippen LogP contribution < -0.4 is 5.32 Å². The maximum Gasteiger partial charge on any atom is 0.231 e. The van der Waals surface area contributed by atoms with Gasteiger partial charge in [-0.2, -0.15) is 0 Å². The lowest BCUT2D eigenvalue weighted by Gasteiger charge is -2.40. The monoisotopic (exact) mass is 398 g/mol. The molecule has 1 N–H and O–H groups in total. The van der Waals surface area contributed by atoms with Crippen LogP contribution >= 0.6 is 11.3 Å². The Morgan fingerprint density at radius 2 is 2.11 bits per heavy atom. The van der Waals surface area contributed by atoms with E-state index in [1.807, 2.05) is 28.5 Å². The van der Waals surface area contributed by atoms with Crippen molar-refractivity contribution >= 4 is 28.3 Å². The minimum absolute atomic E-state index is 0.111. The summed E-state index contributed by atoms with van der Waals surface area (Å²) < 4.78 is 0. The van der Waals surface area contributed by atoms with E-state index in [-0.39, 0.29) is 23.8 Å². The van der Waals surface area contributed by atoms with E-state index in [1.165, 1.54) is 17.8 Å².